The summed E-state index contributed by atoms with van der Waals surface area (Å²) in [7, 11) is 0. The van der Waals surface area contributed by atoms with Crippen LogP contribution in [0.3, 0.4) is 0 Å². The number of thioether (sulfide) groups is 1. The molecule has 1 aliphatic carbocycles. The number of piperidine rings is 2. The number of aliphatic carboxylic acids is 2. The number of fused-ring (bicyclic) bond motifs is 4. The Morgan fingerprint density at radius 1 is 1.04 bits per heavy atom. The fourth-order valence-electron chi connectivity index (χ4n) is 6.28. The van der Waals surface area contributed by atoms with Crippen LogP contribution in [0.15, 0.2) is 78.4 Å². The monoisotopic (exact) mass is 660 g/mol. The number of hydrogen-bond donors (Lipinski definition) is 4. The second kappa shape index (κ2) is 15.0. The van der Waals surface area contributed by atoms with E-state index in [1.165, 1.54) is 17.7 Å². The zero-order valence-corrected chi connectivity index (χ0v) is 25.5. The molecular formula is C32H35F3N4O6S. The first-order valence-electron chi connectivity index (χ1n) is 14.6. The van der Waals surface area contributed by atoms with Crippen molar-refractivity contribution in [1.82, 2.24) is 4.90 Å². The summed E-state index contributed by atoms with van der Waals surface area (Å²) >= 11 is 1.78. The molecule has 2 bridgehead atoms. The maximum atomic E-state index is 12.6. The molecule has 0 saturated carbocycles. The van der Waals surface area contributed by atoms with Crippen molar-refractivity contribution in [3.63, 3.8) is 0 Å². The molecule has 6 rings (SSSR count). The largest absolute Gasteiger partial charge is 0.490 e. The van der Waals surface area contributed by atoms with Gasteiger partial charge in [0, 0.05) is 41.6 Å². The van der Waals surface area contributed by atoms with E-state index in [-0.39, 0.29) is 17.1 Å². The maximum Gasteiger partial charge on any atom is 0.490 e. The molecule has 6 unspecified atom stereocenters. The number of benzene rings is 2. The average molecular weight is 661 g/mol. The average Bonchev–Trinajstić information content (AvgIpc) is 3.44. The summed E-state index contributed by atoms with van der Waals surface area (Å²) < 4.78 is 31.7. The fourth-order valence-corrected chi connectivity index (χ4v) is 7.92. The molecule has 0 radical (unpaired) electrons. The molecule has 0 aromatic heterocycles. The molecule has 2 amide bonds. The number of carboxylic acid groups (broad SMARTS) is 2. The summed E-state index contributed by atoms with van der Waals surface area (Å²) in [6.07, 6.45) is 4.25. The van der Waals surface area contributed by atoms with Crippen LogP contribution >= 0.6 is 11.8 Å². The van der Waals surface area contributed by atoms with Gasteiger partial charge < -0.3 is 21.7 Å². The Morgan fingerprint density at radius 2 is 1.74 bits per heavy atom. The van der Waals surface area contributed by atoms with Gasteiger partial charge in [0.05, 0.1) is 5.25 Å². The third kappa shape index (κ3) is 8.17. The van der Waals surface area contributed by atoms with Crippen molar-refractivity contribution in [2.75, 3.05) is 24.5 Å². The van der Waals surface area contributed by atoms with Gasteiger partial charge in [0.2, 0.25) is 5.91 Å². The summed E-state index contributed by atoms with van der Waals surface area (Å²) in [5, 5.41) is 16.6. The van der Waals surface area contributed by atoms with E-state index in [4.69, 9.17) is 26.5 Å². The standard InChI is InChI=1S/C16H16N2O3.C14H18N2OS.C2HF3O2/c17-10-12-5-4-6-13(9-12)16(21)18(11-15(19)20)14-7-2-1-3-8-14;15-14(17)13-12-11-9(4-1-5-10(11)18-13)8-3-2-6-16(12)7-8;3-2(4,5)1(6)7/h1-9H,10-11,17H2,(H,19,20);1,4-5,8,10-13H,2-3,6-7H2,(H2,15,17);(H,6,7). The SMILES string of the molecule is NC(=O)C1SC2C=CC=C3C4CCCN(C4)C1C32.NCc1cccc(C(=O)N(CC(=O)O)c2ccccc2)c1.O=C(O)C(F)(F)F. The molecule has 3 fully saturated rings. The molecule has 2 aromatic rings. The lowest BCUT2D eigenvalue weighted by Crippen LogP contribution is -2.57. The van der Waals surface area contributed by atoms with Crippen LogP contribution in [0.2, 0.25) is 0 Å². The number of nitrogens with zero attached hydrogens (tertiary/aromatic N) is 2. The number of rotatable bonds is 6. The first-order valence-corrected chi connectivity index (χ1v) is 15.5. The van der Waals surface area contributed by atoms with Gasteiger partial charge in [0.1, 0.15) is 6.54 Å². The van der Waals surface area contributed by atoms with Crippen LogP contribution in [-0.4, -0.2) is 81.2 Å². The summed E-state index contributed by atoms with van der Waals surface area (Å²) in [6, 6.07) is 16.0. The van der Waals surface area contributed by atoms with Gasteiger partial charge in [-0.3, -0.25) is 24.2 Å². The number of allylic oxidation sites excluding steroid dienone is 2. The van der Waals surface area contributed by atoms with Gasteiger partial charge in [-0.2, -0.15) is 13.2 Å². The number of amides is 2. The predicted octanol–water partition coefficient (Wildman–Crippen LogP) is 3.67. The minimum absolute atomic E-state index is 0.0230. The smallest absolute Gasteiger partial charge is 0.480 e. The summed E-state index contributed by atoms with van der Waals surface area (Å²) in [6.45, 7) is 2.21. The van der Waals surface area contributed by atoms with Crippen LogP contribution in [0.4, 0.5) is 18.9 Å². The zero-order chi connectivity index (χ0) is 33.6. The highest BCUT2D eigenvalue weighted by atomic mass is 32.2. The molecule has 2 aromatic carbocycles. The van der Waals surface area contributed by atoms with E-state index in [1.54, 1.807) is 59.8 Å². The van der Waals surface area contributed by atoms with Crippen LogP contribution < -0.4 is 16.4 Å². The van der Waals surface area contributed by atoms with Crippen molar-refractivity contribution >= 4 is 41.2 Å². The molecule has 46 heavy (non-hydrogen) atoms. The number of carboxylic acids is 2. The number of para-hydroxylation sites is 1. The van der Waals surface area contributed by atoms with Crippen molar-refractivity contribution in [1.29, 1.82) is 0 Å². The Morgan fingerprint density at radius 3 is 2.35 bits per heavy atom. The van der Waals surface area contributed by atoms with Gasteiger partial charge in [-0.25, -0.2) is 4.79 Å². The lowest BCUT2D eigenvalue weighted by Gasteiger charge is -2.49. The molecule has 3 aliphatic heterocycles. The van der Waals surface area contributed by atoms with Crippen LogP contribution in [-0.2, 0) is 20.9 Å². The highest BCUT2D eigenvalue weighted by Gasteiger charge is 2.54. The van der Waals surface area contributed by atoms with Gasteiger partial charge in [-0.05, 0) is 55.1 Å². The van der Waals surface area contributed by atoms with E-state index >= 15 is 0 Å². The number of hydrogen-bond acceptors (Lipinski definition) is 7. The van der Waals surface area contributed by atoms with E-state index < -0.39 is 24.7 Å². The lowest BCUT2D eigenvalue weighted by atomic mass is 9.70. The second-order valence-corrected chi connectivity index (χ2v) is 12.5. The minimum atomic E-state index is -5.08. The molecular weight excluding hydrogens is 625 g/mol. The van der Waals surface area contributed by atoms with Crippen LogP contribution in [0.5, 0.6) is 0 Å². The molecule has 0 spiro atoms. The van der Waals surface area contributed by atoms with Crippen molar-refractivity contribution in [3.8, 4) is 0 Å². The van der Waals surface area contributed by atoms with Crippen molar-refractivity contribution in [2.45, 2.75) is 42.1 Å². The molecule has 10 nitrogen and oxygen atoms in total. The molecule has 6 N–H and O–H groups in total. The normalized spacial score (nSPS) is 25.3. The first-order chi connectivity index (χ1) is 21.8. The third-order valence-corrected chi connectivity index (χ3v) is 9.76. The quantitative estimate of drug-likeness (QED) is 0.362. The van der Waals surface area contributed by atoms with Crippen molar-refractivity contribution in [2.24, 2.45) is 23.3 Å². The van der Waals surface area contributed by atoms with Gasteiger partial charge >= 0.3 is 18.1 Å². The number of carbonyl (C=O) groups excluding carboxylic acids is 2. The topological polar surface area (TPSA) is 167 Å². The Kier molecular flexibility index (Phi) is 11.3. The fraction of sp³-hybridized carbons (Fsp3) is 0.375. The number of primary amides is 1. The number of anilines is 1. The molecule has 246 valence electrons. The van der Waals surface area contributed by atoms with Crippen LogP contribution in [0.1, 0.15) is 28.8 Å². The molecule has 14 heteroatoms. The number of nitrogens with two attached hydrogens (primary N) is 2. The summed E-state index contributed by atoms with van der Waals surface area (Å²) in [5.74, 6) is -3.05. The number of halogens is 3. The van der Waals surface area contributed by atoms with Crippen molar-refractivity contribution < 1.29 is 42.6 Å². The summed E-state index contributed by atoms with van der Waals surface area (Å²) in [5.41, 5.74) is 14.6. The highest BCUT2D eigenvalue weighted by Crippen LogP contribution is 2.53. The highest BCUT2D eigenvalue weighted by molar-refractivity contribution is 8.01. The van der Waals surface area contributed by atoms with Gasteiger partial charge in [0.15, 0.2) is 0 Å². The Balaban J connectivity index is 0.000000175. The van der Waals surface area contributed by atoms with Gasteiger partial charge in [-0.1, -0.05) is 54.1 Å². The molecule has 3 heterocycles. The van der Waals surface area contributed by atoms with E-state index in [2.05, 4.69) is 23.1 Å². The van der Waals surface area contributed by atoms with E-state index in [0.717, 1.165) is 24.6 Å². The first kappa shape index (κ1) is 34.7. The van der Waals surface area contributed by atoms with Crippen LogP contribution in [0.25, 0.3) is 0 Å². The predicted molar refractivity (Wildman–Crippen MR) is 167 cm³/mol. The van der Waals surface area contributed by atoms with E-state index in [9.17, 15) is 27.6 Å². The lowest BCUT2D eigenvalue weighted by molar-refractivity contribution is -0.192. The Hall–Kier alpha value is -4.14. The number of alkyl halides is 3. The zero-order valence-electron chi connectivity index (χ0n) is 24.7. The molecule has 6 atom stereocenters. The van der Waals surface area contributed by atoms with Gasteiger partial charge in [0.25, 0.3) is 5.91 Å². The van der Waals surface area contributed by atoms with Crippen molar-refractivity contribution in [3.05, 3.63) is 89.5 Å². The maximum absolute atomic E-state index is 12.6. The Labute approximate surface area is 267 Å². The van der Waals surface area contributed by atoms with E-state index in [0.29, 0.717) is 35.0 Å². The second-order valence-electron chi connectivity index (χ2n) is 11.2. The molecule has 3 saturated heterocycles. The van der Waals surface area contributed by atoms with Gasteiger partial charge in [-0.15, -0.1) is 11.8 Å². The minimum Gasteiger partial charge on any atom is -0.480 e. The summed E-state index contributed by atoms with van der Waals surface area (Å²) in [4.78, 5) is 48.0. The third-order valence-electron chi connectivity index (χ3n) is 8.19. The number of carbonyl (C=O) groups is 4. The molecule has 4 aliphatic rings. The van der Waals surface area contributed by atoms with E-state index in [1.807, 2.05) is 12.1 Å². The Bertz CT molecular complexity index is 1500. The van der Waals surface area contributed by atoms with Crippen LogP contribution in [0, 0.1) is 11.8 Å².